The number of imide groups is 1. The maximum atomic E-state index is 12.5. The summed E-state index contributed by atoms with van der Waals surface area (Å²) >= 11 is 0. The molecule has 3 rings (SSSR count). The molecule has 134 valence electrons. The molecule has 0 radical (unpaired) electrons. The first kappa shape index (κ1) is 17.5. The molecule has 3 amide bonds. The van der Waals surface area contributed by atoms with Crippen LogP contribution < -0.4 is 4.90 Å². The summed E-state index contributed by atoms with van der Waals surface area (Å²) in [5, 5.41) is 0. The van der Waals surface area contributed by atoms with Crippen molar-refractivity contribution in [3.05, 3.63) is 30.3 Å². The second kappa shape index (κ2) is 6.86. The minimum Gasteiger partial charge on any atom is -0.368 e. The molecular formula is C19H25N3O3. The number of hydrogen-bond donors (Lipinski definition) is 0. The average Bonchev–Trinajstić information content (AvgIpc) is 2.86. The lowest BCUT2D eigenvalue weighted by Crippen LogP contribution is -2.52. The van der Waals surface area contributed by atoms with Crippen LogP contribution >= 0.6 is 0 Å². The third kappa shape index (κ3) is 3.38. The minimum absolute atomic E-state index is 0.126. The molecule has 2 aliphatic rings. The summed E-state index contributed by atoms with van der Waals surface area (Å²) in [5.41, 5.74) is 0.502. The van der Waals surface area contributed by atoms with E-state index in [1.54, 1.807) is 11.8 Å². The summed E-state index contributed by atoms with van der Waals surface area (Å²) in [4.78, 5) is 42.3. The molecule has 1 atom stereocenters. The van der Waals surface area contributed by atoms with Crippen LogP contribution in [0.2, 0.25) is 0 Å². The highest BCUT2D eigenvalue weighted by Crippen LogP contribution is 2.35. The van der Waals surface area contributed by atoms with E-state index in [0.29, 0.717) is 19.5 Å². The van der Waals surface area contributed by atoms with Gasteiger partial charge in [-0.25, -0.2) is 0 Å². The quantitative estimate of drug-likeness (QED) is 0.778. The van der Waals surface area contributed by atoms with Gasteiger partial charge in [-0.15, -0.1) is 0 Å². The van der Waals surface area contributed by atoms with E-state index < -0.39 is 5.41 Å². The standard InChI is InChI=1S/C19H25N3O3/c1-3-19(2)13-16(23)22(18(19)25)14-17(24)21-11-9-20(10-12-21)15-7-5-4-6-8-15/h4-8H,3,9-14H2,1-2H3. The van der Waals surface area contributed by atoms with Gasteiger partial charge in [-0.1, -0.05) is 32.0 Å². The fraction of sp³-hybridized carbons (Fsp3) is 0.526. The summed E-state index contributed by atoms with van der Waals surface area (Å²) in [7, 11) is 0. The number of likely N-dealkylation sites (tertiary alicyclic amines) is 1. The third-order valence-electron chi connectivity index (χ3n) is 5.43. The number of amides is 3. The second-order valence-corrected chi connectivity index (χ2v) is 7.08. The highest BCUT2D eigenvalue weighted by Gasteiger charge is 2.47. The van der Waals surface area contributed by atoms with Gasteiger partial charge < -0.3 is 9.80 Å². The van der Waals surface area contributed by atoms with E-state index in [-0.39, 0.29) is 30.7 Å². The molecule has 1 aromatic rings. The third-order valence-corrected chi connectivity index (χ3v) is 5.43. The van der Waals surface area contributed by atoms with Crippen LogP contribution in [0.4, 0.5) is 5.69 Å². The smallest absolute Gasteiger partial charge is 0.242 e. The summed E-state index contributed by atoms with van der Waals surface area (Å²) in [5.74, 6) is -0.586. The predicted molar refractivity (Wildman–Crippen MR) is 95.0 cm³/mol. The Morgan fingerprint density at radius 2 is 1.72 bits per heavy atom. The van der Waals surface area contributed by atoms with Crippen molar-refractivity contribution in [2.24, 2.45) is 5.41 Å². The topological polar surface area (TPSA) is 60.9 Å². The SMILES string of the molecule is CCC1(C)CC(=O)N(CC(=O)N2CCN(c3ccccc3)CC2)C1=O. The molecule has 6 heteroatoms. The van der Waals surface area contributed by atoms with Crippen LogP contribution in [0.5, 0.6) is 0 Å². The number of rotatable bonds is 4. The molecule has 1 unspecified atom stereocenters. The molecule has 0 N–H and O–H groups in total. The Labute approximate surface area is 148 Å². The number of benzene rings is 1. The maximum Gasteiger partial charge on any atom is 0.242 e. The molecule has 2 aliphatic heterocycles. The summed E-state index contributed by atoms with van der Waals surface area (Å²) in [6.07, 6.45) is 0.815. The first-order valence-electron chi connectivity index (χ1n) is 8.87. The zero-order chi connectivity index (χ0) is 18.0. The van der Waals surface area contributed by atoms with Crippen molar-refractivity contribution in [2.45, 2.75) is 26.7 Å². The first-order valence-corrected chi connectivity index (χ1v) is 8.87. The van der Waals surface area contributed by atoms with Gasteiger partial charge in [0.25, 0.3) is 0 Å². The van der Waals surface area contributed by atoms with Gasteiger partial charge in [0.2, 0.25) is 17.7 Å². The van der Waals surface area contributed by atoms with Crippen molar-refractivity contribution in [1.29, 1.82) is 0 Å². The van der Waals surface area contributed by atoms with Crippen molar-refractivity contribution in [3.8, 4) is 0 Å². The fourth-order valence-electron chi connectivity index (χ4n) is 3.47. The number of carbonyl (C=O) groups excluding carboxylic acids is 3. The van der Waals surface area contributed by atoms with E-state index in [4.69, 9.17) is 0 Å². The number of carbonyl (C=O) groups is 3. The molecule has 2 saturated heterocycles. The molecule has 25 heavy (non-hydrogen) atoms. The molecule has 2 fully saturated rings. The van der Waals surface area contributed by atoms with Crippen molar-refractivity contribution < 1.29 is 14.4 Å². The van der Waals surface area contributed by atoms with Crippen molar-refractivity contribution in [1.82, 2.24) is 9.80 Å². The molecule has 0 saturated carbocycles. The monoisotopic (exact) mass is 343 g/mol. The predicted octanol–water partition coefficient (Wildman–Crippen LogP) is 1.51. The highest BCUT2D eigenvalue weighted by molar-refractivity contribution is 6.07. The lowest BCUT2D eigenvalue weighted by atomic mass is 9.86. The number of hydrogen-bond acceptors (Lipinski definition) is 4. The van der Waals surface area contributed by atoms with Crippen LogP contribution in [0, 0.1) is 5.41 Å². The van der Waals surface area contributed by atoms with Crippen LogP contribution in [-0.4, -0.2) is 60.2 Å². The maximum absolute atomic E-state index is 12.5. The fourth-order valence-corrected chi connectivity index (χ4v) is 3.47. The van der Waals surface area contributed by atoms with Gasteiger partial charge in [0.15, 0.2) is 0 Å². The molecule has 1 aromatic carbocycles. The Bertz CT molecular complexity index is 668. The molecule has 0 spiro atoms. The van der Waals surface area contributed by atoms with Crippen molar-refractivity contribution in [2.75, 3.05) is 37.6 Å². The van der Waals surface area contributed by atoms with Gasteiger partial charge in [-0.3, -0.25) is 19.3 Å². The zero-order valence-corrected chi connectivity index (χ0v) is 14.9. The van der Waals surface area contributed by atoms with Crippen LogP contribution in [0.3, 0.4) is 0 Å². The molecular weight excluding hydrogens is 318 g/mol. The van der Waals surface area contributed by atoms with Crippen LogP contribution in [-0.2, 0) is 14.4 Å². The Morgan fingerprint density at radius 3 is 2.28 bits per heavy atom. The van der Waals surface area contributed by atoms with Crippen molar-refractivity contribution >= 4 is 23.4 Å². The normalized spacial score (nSPS) is 24.2. The number of para-hydroxylation sites is 1. The van der Waals surface area contributed by atoms with E-state index >= 15 is 0 Å². The first-order chi connectivity index (χ1) is 11.9. The largest absolute Gasteiger partial charge is 0.368 e. The second-order valence-electron chi connectivity index (χ2n) is 7.08. The lowest BCUT2D eigenvalue weighted by Gasteiger charge is -2.36. The average molecular weight is 343 g/mol. The van der Waals surface area contributed by atoms with E-state index in [1.807, 2.05) is 25.1 Å². The minimum atomic E-state index is -0.649. The van der Waals surface area contributed by atoms with Gasteiger partial charge in [0, 0.05) is 38.3 Å². The van der Waals surface area contributed by atoms with Gasteiger partial charge in [-0.2, -0.15) is 0 Å². The Hall–Kier alpha value is -2.37. The lowest BCUT2D eigenvalue weighted by molar-refractivity contribution is -0.147. The van der Waals surface area contributed by atoms with Crippen LogP contribution in [0.1, 0.15) is 26.7 Å². The van der Waals surface area contributed by atoms with Crippen LogP contribution in [0.15, 0.2) is 30.3 Å². The van der Waals surface area contributed by atoms with E-state index in [1.165, 1.54) is 0 Å². The van der Waals surface area contributed by atoms with Gasteiger partial charge in [-0.05, 0) is 18.6 Å². The molecule has 0 aromatic heterocycles. The molecule has 0 aliphatic carbocycles. The van der Waals surface area contributed by atoms with Gasteiger partial charge in [0.05, 0.1) is 5.41 Å². The number of nitrogens with zero attached hydrogens (tertiary/aromatic N) is 3. The number of anilines is 1. The Morgan fingerprint density at radius 1 is 1.08 bits per heavy atom. The van der Waals surface area contributed by atoms with Crippen LogP contribution in [0.25, 0.3) is 0 Å². The Balaban J connectivity index is 1.57. The Kier molecular flexibility index (Phi) is 4.79. The van der Waals surface area contributed by atoms with Gasteiger partial charge in [0.1, 0.15) is 6.54 Å². The highest BCUT2D eigenvalue weighted by atomic mass is 16.2. The summed E-state index contributed by atoms with van der Waals surface area (Å²) < 4.78 is 0. The summed E-state index contributed by atoms with van der Waals surface area (Å²) in [6, 6.07) is 10.1. The molecule has 2 heterocycles. The van der Waals surface area contributed by atoms with E-state index in [0.717, 1.165) is 23.7 Å². The molecule has 0 bridgehead atoms. The van der Waals surface area contributed by atoms with E-state index in [9.17, 15) is 14.4 Å². The van der Waals surface area contributed by atoms with E-state index in [2.05, 4.69) is 17.0 Å². The van der Waals surface area contributed by atoms with Crippen molar-refractivity contribution in [3.63, 3.8) is 0 Å². The zero-order valence-electron chi connectivity index (χ0n) is 14.9. The molecule has 6 nitrogen and oxygen atoms in total. The van der Waals surface area contributed by atoms with Gasteiger partial charge >= 0.3 is 0 Å². The number of piperazine rings is 1. The summed E-state index contributed by atoms with van der Waals surface area (Å²) in [6.45, 7) is 6.30.